The molecule has 0 aliphatic heterocycles. The van der Waals surface area contributed by atoms with Gasteiger partial charge in [0.25, 0.3) is 0 Å². The van der Waals surface area contributed by atoms with Crippen LogP contribution >= 0.6 is 0 Å². The van der Waals surface area contributed by atoms with E-state index in [0.29, 0.717) is 11.3 Å². The largest absolute Gasteiger partial charge is 0.359 e. The van der Waals surface area contributed by atoms with Gasteiger partial charge in [0.2, 0.25) is 0 Å². The monoisotopic (exact) mass is 299 g/mol. The lowest BCUT2D eigenvalue weighted by Gasteiger charge is -2.39. The van der Waals surface area contributed by atoms with E-state index in [4.69, 9.17) is 0 Å². The van der Waals surface area contributed by atoms with Crippen LogP contribution in [-0.4, -0.2) is 17.1 Å². The van der Waals surface area contributed by atoms with Gasteiger partial charge in [-0.15, -0.1) is 0 Å². The molecule has 2 atom stereocenters. The second-order valence-electron chi connectivity index (χ2n) is 7.46. The van der Waals surface area contributed by atoms with E-state index in [2.05, 4.69) is 36.4 Å². The number of aromatic nitrogens is 1. The summed E-state index contributed by atoms with van der Waals surface area (Å²) in [5, 5.41) is 7.15. The van der Waals surface area contributed by atoms with E-state index in [0.717, 1.165) is 29.4 Å². The fourth-order valence-electron chi connectivity index (χ4n) is 3.97. The molecule has 1 aromatic carbocycles. The molecule has 1 aliphatic rings. The van der Waals surface area contributed by atoms with Crippen LogP contribution in [0.5, 0.6) is 0 Å². The van der Waals surface area contributed by atoms with Gasteiger partial charge in [-0.25, -0.2) is 4.79 Å². The maximum atomic E-state index is 12.3. The molecule has 0 saturated heterocycles. The third kappa shape index (κ3) is 3.26. The number of benzene rings is 1. The average molecular weight is 299 g/mol. The molecule has 1 fully saturated rings. The number of para-hydroxylation sites is 1. The Balaban J connectivity index is 1.65. The van der Waals surface area contributed by atoms with Crippen LogP contribution in [0.3, 0.4) is 0 Å². The highest BCUT2D eigenvalue weighted by Crippen LogP contribution is 2.38. The average Bonchev–Trinajstić information content (AvgIpc) is 2.79. The zero-order chi connectivity index (χ0) is 15.7. The third-order valence-electron chi connectivity index (χ3n) is 4.56. The van der Waals surface area contributed by atoms with Gasteiger partial charge in [0, 0.05) is 23.1 Å². The molecule has 3 rings (SSSR count). The van der Waals surface area contributed by atoms with Crippen molar-refractivity contribution in [2.45, 2.75) is 46.1 Å². The summed E-state index contributed by atoms with van der Waals surface area (Å²) in [4.78, 5) is 15.5. The van der Waals surface area contributed by atoms with Crippen LogP contribution in [0.2, 0.25) is 0 Å². The molecule has 4 heteroatoms. The summed E-state index contributed by atoms with van der Waals surface area (Å²) in [6.45, 7) is 6.84. The van der Waals surface area contributed by atoms with Crippen LogP contribution in [0.1, 0.15) is 40.0 Å². The highest BCUT2D eigenvalue weighted by Gasteiger charge is 2.32. The molecule has 0 radical (unpaired) electrons. The summed E-state index contributed by atoms with van der Waals surface area (Å²) >= 11 is 0. The van der Waals surface area contributed by atoms with Crippen LogP contribution in [0, 0.1) is 11.3 Å². The quantitative estimate of drug-likeness (QED) is 0.751. The maximum Gasteiger partial charge on any atom is 0.319 e. The zero-order valence-electron chi connectivity index (χ0n) is 13.6. The van der Waals surface area contributed by atoms with Gasteiger partial charge < -0.3 is 15.6 Å². The summed E-state index contributed by atoms with van der Waals surface area (Å²) in [5.74, 6) is 0.655. The minimum atomic E-state index is -0.111. The fraction of sp³-hybridized carbons (Fsp3) is 0.500. The number of carbonyl (C=O) groups excluding carboxylic acids is 1. The second-order valence-corrected chi connectivity index (χ2v) is 7.46. The van der Waals surface area contributed by atoms with E-state index in [1.807, 2.05) is 30.5 Å². The van der Waals surface area contributed by atoms with Crippen molar-refractivity contribution in [2.24, 2.45) is 11.3 Å². The van der Waals surface area contributed by atoms with E-state index in [9.17, 15) is 4.79 Å². The Hall–Kier alpha value is -1.97. The molecule has 1 heterocycles. The van der Waals surface area contributed by atoms with Gasteiger partial charge in [0.05, 0.1) is 5.69 Å². The van der Waals surface area contributed by atoms with E-state index < -0.39 is 0 Å². The van der Waals surface area contributed by atoms with Gasteiger partial charge in [-0.2, -0.15) is 0 Å². The number of urea groups is 1. The van der Waals surface area contributed by atoms with E-state index in [-0.39, 0.29) is 12.1 Å². The van der Waals surface area contributed by atoms with Crippen molar-refractivity contribution in [3.05, 3.63) is 30.5 Å². The van der Waals surface area contributed by atoms with Gasteiger partial charge >= 0.3 is 6.03 Å². The van der Waals surface area contributed by atoms with Crippen LogP contribution < -0.4 is 10.6 Å². The first-order chi connectivity index (χ1) is 10.4. The Kier molecular flexibility index (Phi) is 3.85. The number of aromatic amines is 1. The standard InChI is InChI=1S/C18H25N3O/c1-12-8-13(10-18(2,3)9-12)20-17(22)21-16-11-19-15-7-5-4-6-14(15)16/h4-7,11-13,19H,8-10H2,1-3H3,(H2,20,21,22)/t12-,13-/m0/s1. The molecule has 1 saturated carbocycles. The Morgan fingerprint density at radius 2 is 2.05 bits per heavy atom. The smallest absolute Gasteiger partial charge is 0.319 e. The van der Waals surface area contributed by atoms with Crippen LogP contribution in [0.15, 0.2) is 30.5 Å². The van der Waals surface area contributed by atoms with Crippen molar-refractivity contribution in [1.29, 1.82) is 0 Å². The number of H-pyrrole nitrogens is 1. The lowest BCUT2D eigenvalue weighted by atomic mass is 9.71. The summed E-state index contributed by atoms with van der Waals surface area (Å²) in [5.41, 5.74) is 2.16. The molecule has 2 aromatic rings. The minimum Gasteiger partial charge on any atom is -0.359 e. The Bertz CT molecular complexity index is 674. The summed E-state index contributed by atoms with van der Waals surface area (Å²) in [6, 6.07) is 8.11. The molecule has 1 aromatic heterocycles. The molecule has 3 N–H and O–H groups in total. The van der Waals surface area contributed by atoms with Crippen molar-refractivity contribution in [3.63, 3.8) is 0 Å². The first-order valence-electron chi connectivity index (χ1n) is 8.06. The molecule has 118 valence electrons. The molecular formula is C18H25N3O. The van der Waals surface area contributed by atoms with Gasteiger partial charge in [-0.3, -0.25) is 0 Å². The van der Waals surface area contributed by atoms with E-state index in [1.54, 1.807) is 0 Å². The fourth-order valence-corrected chi connectivity index (χ4v) is 3.97. The number of rotatable bonds is 2. The molecule has 4 nitrogen and oxygen atoms in total. The number of hydrogen-bond donors (Lipinski definition) is 3. The highest BCUT2D eigenvalue weighted by atomic mass is 16.2. The van der Waals surface area contributed by atoms with Gasteiger partial charge in [0.15, 0.2) is 0 Å². The molecule has 0 unspecified atom stereocenters. The van der Waals surface area contributed by atoms with Crippen molar-refractivity contribution >= 4 is 22.6 Å². The maximum absolute atomic E-state index is 12.3. The van der Waals surface area contributed by atoms with E-state index in [1.165, 1.54) is 6.42 Å². The number of nitrogens with one attached hydrogen (secondary N) is 3. The molecule has 0 spiro atoms. The van der Waals surface area contributed by atoms with Crippen molar-refractivity contribution in [2.75, 3.05) is 5.32 Å². The van der Waals surface area contributed by atoms with Gasteiger partial charge in [0.1, 0.15) is 0 Å². The Morgan fingerprint density at radius 3 is 2.82 bits per heavy atom. The van der Waals surface area contributed by atoms with E-state index >= 15 is 0 Å². The molecular weight excluding hydrogens is 274 g/mol. The second kappa shape index (κ2) is 5.67. The molecule has 22 heavy (non-hydrogen) atoms. The first-order valence-corrected chi connectivity index (χ1v) is 8.06. The third-order valence-corrected chi connectivity index (χ3v) is 4.56. The molecule has 0 bridgehead atoms. The van der Waals surface area contributed by atoms with Crippen LogP contribution in [0.4, 0.5) is 10.5 Å². The van der Waals surface area contributed by atoms with Crippen LogP contribution in [-0.2, 0) is 0 Å². The molecule has 1 aliphatic carbocycles. The van der Waals surface area contributed by atoms with Gasteiger partial charge in [-0.1, -0.05) is 39.0 Å². The summed E-state index contributed by atoms with van der Waals surface area (Å²) in [7, 11) is 0. The lowest BCUT2D eigenvalue weighted by Crippen LogP contribution is -2.44. The predicted octanol–water partition coefficient (Wildman–Crippen LogP) is 4.50. The lowest BCUT2D eigenvalue weighted by molar-refractivity contribution is 0.154. The summed E-state index contributed by atoms with van der Waals surface area (Å²) in [6.07, 6.45) is 5.18. The minimum absolute atomic E-state index is 0.111. The number of fused-ring (bicyclic) bond motifs is 1. The Morgan fingerprint density at radius 1 is 1.27 bits per heavy atom. The topological polar surface area (TPSA) is 56.9 Å². The highest BCUT2D eigenvalue weighted by molar-refractivity contribution is 6.01. The van der Waals surface area contributed by atoms with Crippen molar-refractivity contribution in [3.8, 4) is 0 Å². The van der Waals surface area contributed by atoms with Crippen molar-refractivity contribution in [1.82, 2.24) is 10.3 Å². The molecule has 2 amide bonds. The first kappa shape index (κ1) is 14.9. The SMILES string of the molecule is C[C@H]1C[C@H](NC(=O)Nc2c[nH]c3ccccc23)CC(C)(C)C1. The predicted molar refractivity (Wildman–Crippen MR) is 91.0 cm³/mol. The number of anilines is 1. The number of carbonyl (C=O) groups is 1. The number of amides is 2. The van der Waals surface area contributed by atoms with Crippen LogP contribution in [0.25, 0.3) is 10.9 Å². The Labute approximate surface area is 131 Å². The zero-order valence-corrected chi connectivity index (χ0v) is 13.6. The normalized spacial score (nSPS) is 24.1. The van der Waals surface area contributed by atoms with Gasteiger partial charge in [-0.05, 0) is 36.7 Å². The van der Waals surface area contributed by atoms with Crippen molar-refractivity contribution < 1.29 is 4.79 Å². The number of hydrogen-bond acceptors (Lipinski definition) is 1. The summed E-state index contributed by atoms with van der Waals surface area (Å²) < 4.78 is 0.